The average molecular weight is 235 g/mol. The van der Waals surface area contributed by atoms with Crippen LogP contribution in [0, 0.1) is 11.3 Å². The molecule has 1 aromatic rings. The van der Waals surface area contributed by atoms with Crippen LogP contribution in [0.3, 0.4) is 0 Å². The van der Waals surface area contributed by atoms with Crippen LogP contribution in [-0.2, 0) is 13.5 Å². The molecule has 0 amide bonds. The Morgan fingerprint density at radius 1 is 1.65 bits per heavy atom. The number of hydrogen-bond acceptors (Lipinski definition) is 3. The number of hydrogen-bond donors (Lipinski definition) is 2. The zero-order valence-corrected chi connectivity index (χ0v) is 10.4. The van der Waals surface area contributed by atoms with E-state index in [-0.39, 0.29) is 5.92 Å². The summed E-state index contributed by atoms with van der Waals surface area (Å²) < 4.78 is 1.92. The summed E-state index contributed by atoms with van der Waals surface area (Å²) in [7, 11) is 1.98. The largest absolute Gasteiger partial charge is 0.387 e. The number of amidine groups is 1. The van der Waals surface area contributed by atoms with E-state index in [0.29, 0.717) is 5.84 Å². The predicted molar refractivity (Wildman–Crippen MR) is 68.0 cm³/mol. The van der Waals surface area contributed by atoms with Crippen molar-refractivity contribution in [3.8, 4) is 0 Å². The molecule has 0 spiro atoms. The second-order valence-corrected chi connectivity index (χ2v) is 4.79. The summed E-state index contributed by atoms with van der Waals surface area (Å²) in [5.41, 5.74) is 6.85. The van der Waals surface area contributed by atoms with E-state index >= 15 is 0 Å². The number of nitrogens with zero attached hydrogens (tertiary/aromatic N) is 3. The van der Waals surface area contributed by atoms with Crippen LogP contribution in [0.25, 0.3) is 0 Å². The van der Waals surface area contributed by atoms with Gasteiger partial charge in [0, 0.05) is 44.4 Å². The number of piperidine rings is 1. The van der Waals surface area contributed by atoms with Crippen LogP contribution in [0.15, 0.2) is 12.3 Å². The summed E-state index contributed by atoms with van der Waals surface area (Å²) in [5.74, 6) is 0.602. The van der Waals surface area contributed by atoms with Gasteiger partial charge in [-0.3, -0.25) is 10.1 Å². The van der Waals surface area contributed by atoms with Gasteiger partial charge in [0.05, 0.1) is 5.84 Å². The highest BCUT2D eigenvalue weighted by Crippen LogP contribution is 2.16. The van der Waals surface area contributed by atoms with Gasteiger partial charge >= 0.3 is 0 Å². The molecule has 1 saturated heterocycles. The van der Waals surface area contributed by atoms with Crippen molar-refractivity contribution in [1.82, 2.24) is 14.7 Å². The molecular weight excluding hydrogens is 214 g/mol. The summed E-state index contributed by atoms with van der Waals surface area (Å²) in [6, 6.07) is 2.06. The fraction of sp³-hybridized carbons (Fsp3) is 0.667. The lowest BCUT2D eigenvalue weighted by molar-refractivity contribution is 0.204. The van der Waals surface area contributed by atoms with Crippen LogP contribution in [-0.4, -0.2) is 40.2 Å². The Balaban J connectivity index is 1.83. The Kier molecular flexibility index (Phi) is 3.78. The fourth-order valence-electron chi connectivity index (χ4n) is 2.43. The van der Waals surface area contributed by atoms with Crippen LogP contribution in [0.2, 0.25) is 0 Å². The molecule has 2 rings (SSSR count). The lowest BCUT2D eigenvalue weighted by Gasteiger charge is -2.31. The number of aromatic nitrogens is 2. The normalized spacial score (nSPS) is 21.6. The third kappa shape index (κ3) is 3.06. The monoisotopic (exact) mass is 235 g/mol. The molecule has 0 aromatic carbocycles. The van der Waals surface area contributed by atoms with Crippen LogP contribution in [0.1, 0.15) is 18.5 Å². The third-order valence-corrected chi connectivity index (χ3v) is 3.55. The van der Waals surface area contributed by atoms with Crippen LogP contribution in [0.5, 0.6) is 0 Å². The highest BCUT2D eigenvalue weighted by Gasteiger charge is 2.21. The quantitative estimate of drug-likeness (QED) is 0.593. The van der Waals surface area contributed by atoms with Crippen molar-refractivity contribution in [3.63, 3.8) is 0 Å². The maximum atomic E-state index is 7.52. The molecule has 17 heavy (non-hydrogen) atoms. The number of nitrogens with one attached hydrogen (secondary N) is 1. The van der Waals surface area contributed by atoms with E-state index in [4.69, 9.17) is 11.1 Å². The molecule has 0 bridgehead atoms. The Morgan fingerprint density at radius 2 is 2.47 bits per heavy atom. The number of aryl methyl sites for hydroxylation is 1. The minimum atomic E-state index is 0.260. The fourth-order valence-corrected chi connectivity index (χ4v) is 2.43. The first-order chi connectivity index (χ1) is 8.16. The molecule has 5 heteroatoms. The maximum absolute atomic E-state index is 7.52. The van der Waals surface area contributed by atoms with Gasteiger partial charge in [0.25, 0.3) is 0 Å². The predicted octanol–water partition coefficient (Wildman–Crippen LogP) is 0.611. The molecule has 2 heterocycles. The average Bonchev–Trinajstić information content (AvgIpc) is 2.72. The zero-order valence-electron chi connectivity index (χ0n) is 10.4. The summed E-state index contributed by atoms with van der Waals surface area (Å²) in [4.78, 5) is 2.41. The number of likely N-dealkylation sites (tertiary alicyclic amines) is 1. The summed E-state index contributed by atoms with van der Waals surface area (Å²) in [6.07, 6.45) is 5.07. The van der Waals surface area contributed by atoms with E-state index in [1.165, 1.54) is 5.69 Å². The molecule has 1 aliphatic rings. The van der Waals surface area contributed by atoms with Crippen molar-refractivity contribution < 1.29 is 0 Å². The molecule has 0 saturated carbocycles. The van der Waals surface area contributed by atoms with Gasteiger partial charge < -0.3 is 10.6 Å². The van der Waals surface area contributed by atoms with Gasteiger partial charge in [-0.1, -0.05) is 0 Å². The van der Waals surface area contributed by atoms with Gasteiger partial charge in [-0.15, -0.1) is 0 Å². The van der Waals surface area contributed by atoms with Crippen LogP contribution in [0.4, 0.5) is 0 Å². The van der Waals surface area contributed by atoms with E-state index in [1.807, 2.05) is 17.9 Å². The molecule has 0 aliphatic carbocycles. The highest BCUT2D eigenvalue weighted by molar-refractivity contribution is 5.79. The number of rotatable bonds is 4. The van der Waals surface area contributed by atoms with E-state index in [2.05, 4.69) is 16.1 Å². The molecule has 1 aromatic heterocycles. The molecule has 94 valence electrons. The van der Waals surface area contributed by atoms with Gasteiger partial charge in [-0.2, -0.15) is 5.10 Å². The van der Waals surface area contributed by atoms with Gasteiger partial charge in [-0.05, 0) is 25.5 Å². The van der Waals surface area contributed by atoms with Gasteiger partial charge in [0.1, 0.15) is 0 Å². The van der Waals surface area contributed by atoms with Crippen molar-refractivity contribution in [2.45, 2.75) is 19.3 Å². The standard InChI is InChI=1S/C12H21N5/c1-16-11(4-6-15-16)5-8-17-7-2-3-10(9-17)12(13)14/h4,6,10H,2-3,5,7-9H2,1H3,(H3,13,14). The molecular formula is C12H21N5. The van der Waals surface area contributed by atoms with Gasteiger partial charge in [0.15, 0.2) is 0 Å². The first-order valence-corrected chi connectivity index (χ1v) is 6.20. The van der Waals surface area contributed by atoms with Crippen molar-refractivity contribution in [2.24, 2.45) is 18.7 Å². The third-order valence-electron chi connectivity index (χ3n) is 3.55. The van der Waals surface area contributed by atoms with E-state index in [9.17, 15) is 0 Å². The molecule has 3 N–H and O–H groups in total. The Bertz CT molecular complexity index is 384. The van der Waals surface area contributed by atoms with Crippen LogP contribution < -0.4 is 5.73 Å². The summed E-state index contributed by atoms with van der Waals surface area (Å²) in [5, 5.41) is 11.7. The first-order valence-electron chi connectivity index (χ1n) is 6.20. The molecule has 1 aliphatic heterocycles. The van der Waals surface area contributed by atoms with Gasteiger partial charge in [-0.25, -0.2) is 0 Å². The molecule has 1 unspecified atom stereocenters. The van der Waals surface area contributed by atoms with Crippen molar-refractivity contribution in [2.75, 3.05) is 19.6 Å². The Hall–Kier alpha value is -1.36. The highest BCUT2D eigenvalue weighted by atomic mass is 15.3. The van der Waals surface area contributed by atoms with Crippen molar-refractivity contribution in [1.29, 1.82) is 5.41 Å². The van der Waals surface area contributed by atoms with Crippen molar-refractivity contribution >= 4 is 5.84 Å². The van der Waals surface area contributed by atoms with Crippen molar-refractivity contribution in [3.05, 3.63) is 18.0 Å². The Morgan fingerprint density at radius 3 is 3.12 bits per heavy atom. The zero-order chi connectivity index (χ0) is 12.3. The minimum absolute atomic E-state index is 0.260. The van der Waals surface area contributed by atoms with E-state index in [0.717, 1.165) is 38.9 Å². The van der Waals surface area contributed by atoms with E-state index < -0.39 is 0 Å². The number of nitrogens with two attached hydrogens (primary N) is 1. The Labute approximate surface area is 102 Å². The molecule has 0 radical (unpaired) electrons. The topological polar surface area (TPSA) is 70.9 Å². The van der Waals surface area contributed by atoms with Gasteiger partial charge in [0.2, 0.25) is 0 Å². The smallest absolute Gasteiger partial charge is 0.0949 e. The van der Waals surface area contributed by atoms with Crippen LogP contribution >= 0.6 is 0 Å². The maximum Gasteiger partial charge on any atom is 0.0949 e. The first kappa shape index (κ1) is 12.1. The SMILES string of the molecule is Cn1nccc1CCN1CCCC(C(=N)N)C1. The molecule has 1 fully saturated rings. The summed E-state index contributed by atoms with van der Waals surface area (Å²) >= 11 is 0. The molecule has 5 nitrogen and oxygen atoms in total. The minimum Gasteiger partial charge on any atom is -0.387 e. The van der Waals surface area contributed by atoms with E-state index in [1.54, 1.807) is 0 Å². The second kappa shape index (κ2) is 5.31. The second-order valence-electron chi connectivity index (χ2n) is 4.79. The lowest BCUT2D eigenvalue weighted by Crippen LogP contribution is -2.41. The lowest BCUT2D eigenvalue weighted by atomic mass is 9.97. The summed E-state index contributed by atoms with van der Waals surface area (Å²) in [6.45, 7) is 3.10. The molecule has 1 atom stereocenters.